The molecule has 0 bridgehead atoms. The molecule has 1 aliphatic rings. The lowest BCUT2D eigenvalue weighted by Gasteiger charge is -2.22. The highest BCUT2D eigenvalue weighted by Crippen LogP contribution is 2.54. The first-order chi connectivity index (χ1) is 8.21. The van der Waals surface area contributed by atoms with Crippen molar-refractivity contribution in [3.05, 3.63) is 29.6 Å². The molecular formula is C12H13F4NO. The Bertz CT molecular complexity index is 454. The molecule has 1 atom stereocenters. The average molecular weight is 263 g/mol. The fraction of sp³-hybridized carbons (Fsp3) is 0.500. The van der Waals surface area contributed by atoms with Crippen molar-refractivity contribution < 1.29 is 22.3 Å². The molecule has 0 unspecified atom stereocenters. The maximum atomic E-state index is 13.2. The topological polar surface area (TPSA) is 35.2 Å². The Morgan fingerprint density at radius 3 is 2.44 bits per heavy atom. The van der Waals surface area contributed by atoms with Crippen molar-refractivity contribution in [2.45, 2.75) is 32.2 Å². The molecule has 6 heteroatoms. The Labute approximate surface area is 102 Å². The third-order valence-electron chi connectivity index (χ3n) is 3.32. The van der Waals surface area contributed by atoms with Crippen molar-refractivity contribution in [1.29, 1.82) is 0 Å². The van der Waals surface area contributed by atoms with Crippen molar-refractivity contribution in [1.82, 2.24) is 0 Å². The van der Waals surface area contributed by atoms with Crippen LogP contribution in [0.1, 0.15) is 31.4 Å². The normalized spacial score (nSPS) is 19.4. The van der Waals surface area contributed by atoms with E-state index in [1.807, 2.05) is 6.92 Å². The fourth-order valence-electron chi connectivity index (χ4n) is 1.86. The van der Waals surface area contributed by atoms with Crippen molar-refractivity contribution in [3.63, 3.8) is 0 Å². The summed E-state index contributed by atoms with van der Waals surface area (Å²) in [6.45, 7) is 1.86. The van der Waals surface area contributed by atoms with E-state index in [4.69, 9.17) is 5.73 Å². The molecule has 1 aromatic carbocycles. The summed E-state index contributed by atoms with van der Waals surface area (Å²) >= 11 is 0. The van der Waals surface area contributed by atoms with Gasteiger partial charge in [0.25, 0.3) is 0 Å². The van der Waals surface area contributed by atoms with Crippen molar-refractivity contribution in [3.8, 4) is 5.75 Å². The number of alkyl halides is 3. The van der Waals surface area contributed by atoms with E-state index in [1.165, 1.54) is 0 Å². The summed E-state index contributed by atoms with van der Waals surface area (Å²) in [5.41, 5.74) is 5.71. The summed E-state index contributed by atoms with van der Waals surface area (Å²) in [6.07, 6.45) is -3.18. The van der Waals surface area contributed by atoms with Gasteiger partial charge in [0.15, 0.2) is 0 Å². The molecule has 0 spiro atoms. The summed E-state index contributed by atoms with van der Waals surface area (Å²) in [7, 11) is 0. The van der Waals surface area contributed by atoms with Gasteiger partial charge in [-0.25, -0.2) is 4.39 Å². The molecule has 100 valence electrons. The highest BCUT2D eigenvalue weighted by Gasteiger charge is 2.45. The molecule has 1 aromatic rings. The van der Waals surface area contributed by atoms with E-state index >= 15 is 0 Å². The average Bonchev–Trinajstić information content (AvgIpc) is 2.98. The maximum absolute atomic E-state index is 13.2. The van der Waals surface area contributed by atoms with Crippen LogP contribution in [-0.2, 0) is 0 Å². The third-order valence-corrected chi connectivity index (χ3v) is 3.32. The summed E-state index contributed by atoms with van der Waals surface area (Å²) in [5, 5.41) is 0. The quantitative estimate of drug-likeness (QED) is 0.847. The van der Waals surface area contributed by atoms with Crippen LogP contribution >= 0.6 is 0 Å². The van der Waals surface area contributed by atoms with Crippen molar-refractivity contribution in [2.24, 2.45) is 11.1 Å². The van der Waals surface area contributed by atoms with E-state index in [2.05, 4.69) is 4.74 Å². The molecule has 0 radical (unpaired) electrons. The predicted molar refractivity (Wildman–Crippen MR) is 57.4 cm³/mol. The Morgan fingerprint density at radius 2 is 1.94 bits per heavy atom. The Kier molecular flexibility index (Phi) is 3.01. The van der Waals surface area contributed by atoms with Crippen molar-refractivity contribution in [2.75, 3.05) is 0 Å². The number of benzene rings is 1. The predicted octanol–water partition coefficient (Wildman–Crippen LogP) is 3.52. The van der Waals surface area contributed by atoms with E-state index in [0.717, 1.165) is 31.0 Å². The second-order valence-electron chi connectivity index (χ2n) is 4.86. The van der Waals surface area contributed by atoms with Gasteiger partial charge in [0.1, 0.15) is 11.6 Å². The van der Waals surface area contributed by atoms with E-state index < -0.39 is 24.0 Å². The van der Waals surface area contributed by atoms with Crippen LogP contribution < -0.4 is 10.5 Å². The summed E-state index contributed by atoms with van der Waals surface area (Å²) in [6, 6.07) is 2.23. The van der Waals surface area contributed by atoms with Gasteiger partial charge in [-0.3, -0.25) is 0 Å². The van der Waals surface area contributed by atoms with Gasteiger partial charge >= 0.3 is 6.36 Å². The first-order valence-corrected chi connectivity index (χ1v) is 5.52. The SMILES string of the molecule is CC1([C@H](N)c2cc(F)ccc2OC(F)(F)F)CC1. The largest absolute Gasteiger partial charge is 0.573 e. The van der Waals surface area contributed by atoms with Crippen LogP contribution in [0.5, 0.6) is 5.75 Å². The molecule has 0 aliphatic heterocycles. The minimum atomic E-state index is -4.81. The number of hydrogen-bond donors (Lipinski definition) is 1. The minimum absolute atomic E-state index is 0.0623. The van der Waals surface area contributed by atoms with Gasteiger partial charge < -0.3 is 10.5 Å². The monoisotopic (exact) mass is 263 g/mol. The van der Waals surface area contributed by atoms with Gasteiger partial charge in [-0.05, 0) is 36.5 Å². The molecule has 0 heterocycles. The number of ether oxygens (including phenoxy) is 1. The Morgan fingerprint density at radius 1 is 1.33 bits per heavy atom. The lowest BCUT2D eigenvalue weighted by molar-refractivity contribution is -0.275. The minimum Gasteiger partial charge on any atom is -0.405 e. The zero-order valence-corrected chi connectivity index (χ0v) is 9.72. The van der Waals surface area contributed by atoms with Gasteiger partial charge in [-0.1, -0.05) is 6.92 Å². The number of halogens is 4. The molecule has 1 fully saturated rings. The second-order valence-corrected chi connectivity index (χ2v) is 4.86. The van der Waals surface area contributed by atoms with Crippen LogP contribution in [0.25, 0.3) is 0 Å². The second kappa shape index (κ2) is 4.12. The third kappa shape index (κ3) is 2.75. The summed E-state index contributed by atoms with van der Waals surface area (Å²) in [4.78, 5) is 0. The van der Waals surface area contributed by atoms with Crippen molar-refractivity contribution >= 4 is 0 Å². The van der Waals surface area contributed by atoms with Crippen LogP contribution in [0.4, 0.5) is 17.6 Å². The van der Waals surface area contributed by atoms with Gasteiger partial charge in [0.05, 0.1) is 0 Å². The van der Waals surface area contributed by atoms with Gasteiger partial charge in [0, 0.05) is 11.6 Å². The number of hydrogen-bond acceptors (Lipinski definition) is 2. The lowest BCUT2D eigenvalue weighted by atomic mass is 9.92. The molecule has 1 aliphatic carbocycles. The van der Waals surface area contributed by atoms with Crippen LogP contribution in [0.2, 0.25) is 0 Å². The molecule has 18 heavy (non-hydrogen) atoms. The van der Waals surface area contributed by atoms with E-state index in [-0.39, 0.29) is 11.0 Å². The van der Waals surface area contributed by atoms with Crippen LogP contribution in [0.15, 0.2) is 18.2 Å². The van der Waals surface area contributed by atoms with Crippen LogP contribution in [0.3, 0.4) is 0 Å². The number of rotatable bonds is 3. The zero-order valence-electron chi connectivity index (χ0n) is 9.72. The molecule has 0 amide bonds. The molecule has 0 aromatic heterocycles. The standard InChI is InChI=1S/C12H13F4NO/c1-11(4-5-11)10(17)8-6-7(13)2-3-9(8)18-12(14,15)16/h2-3,6,10H,4-5,17H2,1H3/t10-/m1/s1. The highest BCUT2D eigenvalue weighted by molar-refractivity contribution is 5.38. The molecular weight excluding hydrogens is 250 g/mol. The number of nitrogens with two attached hydrogens (primary N) is 1. The molecule has 2 N–H and O–H groups in total. The van der Waals surface area contributed by atoms with E-state index in [0.29, 0.717) is 0 Å². The zero-order chi connectivity index (χ0) is 13.6. The van der Waals surface area contributed by atoms with Gasteiger partial charge in [-0.2, -0.15) is 0 Å². The lowest BCUT2D eigenvalue weighted by Crippen LogP contribution is -2.24. The van der Waals surface area contributed by atoms with E-state index in [1.54, 1.807) is 0 Å². The molecule has 1 saturated carbocycles. The van der Waals surface area contributed by atoms with Gasteiger partial charge in [0.2, 0.25) is 0 Å². The fourth-order valence-corrected chi connectivity index (χ4v) is 1.86. The van der Waals surface area contributed by atoms with E-state index in [9.17, 15) is 17.6 Å². The molecule has 2 rings (SSSR count). The summed E-state index contributed by atoms with van der Waals surface area (Å²) < 4.78 is 53.8. The van der Waals surface area contributed by atoms with Crippen LogP contribution in [0, 0.1) is 11.2 Å². The summed E-state index contributed by atoms with van der Waals surface area (Å²) in [5.74, 6) is -1.05. The van der Waals surface area contributed by atoms with Crippen LogP contribution in [-0.4, -0.2) is 6.36 Å². The highest BCUT2D eigenvalue weighted by atomic mass is 19.4. The first-order valence-electron chi connectivity index (χ1n) is 5.52. The molecule has 2 nitrogen and oxygen atoms in total. The maximum Gasteiger partial charge on any atom is 0.573 e. The van der Waals surface area contributed by atoms with Gasteiger partial charge in [-0.15, -0.1) is 13.2 Å². The smallest absolute Gasteiger partial charge is 0.405 e. The molecule has 0 saturated heterocycles. The Hall–Kier alpha value is -1.30. The Balaban J connectivity index is 2.34. The first kappa shape index (κ1) is 13.1.